The van der Waals surface area contributed by atoms with Crippen molar-refractivity contribution in [1.82, 2.24) is 10.6 Å². The molecule has 1 aromatic carbocycles. The Balaban J connectivity index is 2.25. The quantitative estimate of drug-likeness (QED) is 0.833. The second-order valence-corrected chi connectivity index (χ2v) is 4.50. The summed E-state index contributed by atoms with van der Waals surface area (Å²) in [7, 11) is 1.98. The van der Waals surface area contributed by atoms with Gasteiger partial charge in [-0.1, -0.05) is 6.92 Å². The zero-order chi connectivity index (χ0) is 13.0. The molecule has 1 aliphatic heterocycles. The standard InChI is InChI=1S/C14H22N2O2/c1-4-16-9-12(15-3)11-8-14-13(7-10(11)2)17-5-6-18-14/h7-8,12,15-16H,4-6,9H2,1-3H3. The van der Waals surface area contributed by atoms with Gasteiger partial charge in [-0.05, 0) is 43.8 Å². The van der Waals surface area contributed by atoms with E-state index in [0.717, 1.165) is 24.6 Å². The number of fused-ring (bicyclic) bond motifs is 1. The van der Waals surface area contributed by atoms with Gasteiger partial charge in [-0.3, -0.25) is 0 Å². The third-order valence-electron chi connectivity index (χ3n) is 3.25. The Morgan fingerprint density at radius 1 is 1.22 bits per heavy atom. The van der Waals surface area contributed by atoms with Crippen LogP contribution in [0.2, 0.25) is 0 Å². The summed E-state index contributed by atoms with van der Waals surface area (Å²) in [5, 5.41) is 6.71. The Morgan fingerprint density at radius 3 is 2.50 bits per heavy atom. The molecule has 0 amide bonds. The number of hydrogen-bond donors (Lipinski definition) is 2. The Bertz CT molecular complexity index is 407. The number of likely N-dealkylation sites (N-methyl/N-ethyl adjacent to an activating group) is 2. The van der Waals surface area contributed by atoms with Crippen molar-refractivity contribution in [2.75, 3.05) is 33.4 Å². The van der Waals surface area contributed by atoms with Crippen LogP contribution in [-0.2, 0) is 0 Å². The molecule has 0 fully saturated rings. The predicted molar refractivity (Wildman–Crippen MR) is 72.5 cm³/mol. The highest BCUT2D eigenvalue weighted by Gasteiger charge is 2.18. The van der Waals surface area contributed by atoms with Crippen molar-refractivity contribution in [3.05, 3.63) is 23.3 Å². The van der Waals surface area contributed by atoms with Crippen molar-refractivity contribution in [2.24, 2.45) is 0 Å². The van der Waals surface area contributed by atoms with E-state index in [2.05, 4.69) is 36.6 Å². The molecule has 0 aromatic heterocycles. The molecule has 1 unspecified atom stereocenters. The van der Waals surface area contributed by atoms with E-state index in [1.165, 1.54) is 11.1 Å². The second kappa shape index (κ2) is 6.07. The average Bonchev–Trinajstić information content (AvgIpc) is 2.40. The van der Waals surface area contributed by atoms with Gasteiger partial charge in [0.1, 0.15) is 13.2 Å². The smallest absolute Gasteiger partial charge is 0.161 e. The van der Waals surface area contributed by atoms with Crippen LogP contribution in [0.25, 0.3) is 0 Å². The van der Waals surface area contributed by atoms with Crippen LogP contribution in [-0.4, -0.2) is 33.4 Å². The number of ether oxygens (including phenoxy) is 2. The van der Waals surface area contributed by atoms with Gasteiger partial charge < -0.3 is 20.1 Å². The Morgan fingerprint density at radius 2 is 1.89 bits per heavy atom. The number of hydrogen-bond acceptors (Lipinski definition) is 4. The van der Waals surface area contributed by atoms with Crippen molar-refractivity contribution >= 4 is 0 Å². The maximum Gasteiger partial charge on any atom is 0.161 e. The normalized spacial score (nSPS) is 15.5. The van der Waals surface area contributed by atoms with Crippen LogP contribution in [0.4, 0.5) is 0 Å². The van der Waals surface area contributed by atoms with Gasteiger partial charge in [-0.15, -0.1) is 0 Å². The zero-order valence-electron chi connectivity index (χ0n) is 11.4. The van der Waals surface area contributed by atoms with E-state index in [0.29, 0.717) is 19.3 Å². The summed E-state index contributed by atoms with van der Waals surface area (Å²) < 4.78 is 11.2. The molecule has 1 aliphatic rings. The molecule has 1 heterocycles. The molecule has 0 saturated carbocycles. The minimum atomic E-state index is 0.292. The van der Waals surface area contributed by atoms with E-state index in [4.69, 9.17) is 9.47 Å². The molecule has 1 atom stereocenters. The van der Waals surface area contributed by atoms with Gasteiger partial charge in [-0.2, -0.15) is 0 Å². The van der Waals surface area contributed by atoms with Crippen LogP contribution in [0.3, 0.4) is 0 Å². The summed E-state index contributed by atoms with van der Waals surface area (Å²) in [5.74, 6) is 1.72. The first kappa shape index (κ1) is 13.2. The summed E-state index contributed by atoms with van der Waals surface area (Å²) in [6.07, 6.45) is 0. The van der Waals surface area contributed by atoms with Crippen LogP contribution in [0.1, 0.15) is 24.1 Å². The predicted octanol–water partition coefficient (Wildman–Crippen LogP) is 1.64. The van der Waals surface area contributed by atoms with E-state index in [1.807, 2.05) is 7.05 Å². The molecule has 100 valence electrons. The highest BCUT2D eigenvalue weighted by atomic mass is 16.6. The molecule has 0 saturated heterocycles. The lowest BCUT2D eigenvalue weighted by molar-refractivity contribution is 0.171. The van der Waals surface area contributed by atoms with Crippen LogP contribution >= 0.6 is 0 Å². The fourth-order valence-electron chi connectivity index (χ4n) is 2.24. The molecule has 0 aliphatic carbocycles. The van der Waals surface area contributed by atoms with E-state index in [1.54, 1.807) is 0 Å². The van der Waals surface area contributed by atoms with Crippen LogP contribution < -0.4 is 20.1 Å². The van der Waals surface area contributed by atoms with Gasteiger partial charge in [0.2, 0.25) is 0 Å². The molecule has 4 heteroatoms. The van der Waals surface area contributed by atoms with Gasteiger partial charge in [0.15, 0.2) is 11.5 Å². The monoisotopic (exact) mass is 250 g/mol. The first-order valence-electron chi connectivity index (χ1n) is 6.54. The maximum absolute atomic E-state index is 5.65. The van der Waals surface area contributed by atoms with Crippen LogP contribution in [0.5, 0.6) is 11.5 Å². The lowest BCUT2D eigenvalue weighted by atomic mass is 10.00. The Kier molecular flexibility index (Phi) is 4.44. The Labute approximate surface area is 109 Å². The lowest BCUT2D eigenvalue weighted by Crippen LogP contribution is -2.30. The molecule has 2 rings (SSSR count). The fraction of sp³-hybridized carbons (Fsp3) is 0.571. The second-order valence-electron chi connectivity index (χ2n) is 4.50. The van der Waals surface area contributed by atoms with E-state index >= 15 is 0 Å². The largest absolute Gasteiger partial charge is 0.486 e. The highest BCUT2D eigenvalue weighted by molar-refractivity contribution is 5.48. The summed E-state index contributed by atoms with van der Waals surface area (Å²) in [5.41, 5.74) is 2.50. The average molecular weight is 250 g/mol. The minimum Gasteiger partial charge on any atom is -0.486 e. The van der Waals surface area contributed by atoms with Crippen LogP contribution in [0.15, 0.2) is 12.1 Å². The van der Waals surface area contributed by atoms with Crippen molar-refractivity contribution in [3.8, 4) is 11.5 Å². The van der Waals surface area contributed by atoms with Crippen molar-refractivity contribution in [1.29, 1.82) is 0 Å². The third kappa shape index (κ3) is 2.76. The van der Waals surface area contributed by atoms with Gasteiger partial charge in [0.25, 0.3) is 0 Å². The zero-order valence-corrected chi connectivity index (χ0v) is 11.4. The third-order valence-corrected chi connectivity index (χ3v) is 3.25. The topological polar surface area (TPSA) is 42.5 Å². The van der Waals surface area contributed by atoms with Gasteiger partial charge in [0, 0.05) is 12.6 Å². The number of nitrogens with one attached hydrogen (secondary N) is 2. The van der Waals surface area contributed by atoms with Crippen molar-refractivity contribution in [2.45, 2.75) is 19.9 Å². The van der Waals surface area contributed by atoms with E-state index in [9.17, 15) is 0 Å². The first-order valence-corrected chi connectivity index (χ1v) is 6.54. The molecular weight excluding hydrogens is 228 g/mol. The van der Waals surface area contributed by atoms with Gasteiger partial charge >= 0.3 is 0 Å². The lowest BCUT2D eigenvalue weighted by Gasteiger charge is -2.24. The molecule has 4 nitrogen and oxygen atoms in total. The SMILES string of the molecule is CCNCC(NC)c1cc2c(cc1C)OCCO2. The fourth-order valence-corrected chi connectivity index (χ4v) is 2.24. The molecule has 2 N–H and O–H groups in total. The molecular formula is C14H22N2O2. The first-order chi connectivity index (χ1) is 8.76. The van der Waals surface area contributed by atoms with Crippen molar-refractivity contribution in [3.63, 3.8) is 0 Å². The number of rotatable bonds is 5. The van der Waals surface area contributed by atoms with E-state index < -0.39 is 0 Å². The molecule has 18 heavy (non-hydrogen) atoms. The number of aryl methyl sites for hydroxylation is 1. The molecule has 1 aromatic rings. The number of benzene rings is 1. The summed E-state index contributed by atoms with van der Waals surface area (Å²) in [6.45, 7) is 7.38. The van der Waals surface area contributed by atoms with Crippen molar-refractivity contribution < 1.29 is 9.47 Å². The van der Waals surface area contributed by atoms with Gasteiger partial charge in [0.05, 0.1) is 0 Å². The molecule has 0 bridgehead atoms. The summed E-state index contributed by atoms with van der Waals surface area (Å²) >= 11 is 0. The summed E-state index contributed by atoms with van der Waals surface area (Å²) in [4.78, 5) is 0. The minimum absolute atomic E-state index is 0.292. The molecule has 0 radical (unpaired) electrons. The maximum atomic E-state index is 5.65. The highest BCUT2D eigenvalue weighted by Crippen LogP contribution is 2.34. The molecule has 0 spiro atoms. The van der Waals surface area contributed by atoms with Crippen LogP contribution in [0, 0.1) is 6.92 Å². The van der Waals surface area contributed by atoms with E-state index in [-0.39, 0.29) is 0 Å². The summed E-state index contributed by atoms with van der Waals surface area (Å²) in [6, 6.07) is 4.46. The van der Waals surface area contributed by atoms with Gasteiger partial charge in [-0.25, -0.2) is 0 Å². The Hall–Kier alpha value is -1.26.